The molecule has 0 bridgehead atoms. The van der Waals surface area contributed by atoms with Gasteiger partial charge in [0.1, 0.15) is 0 Å². The highest BCUT2D eigenvalue weighted by molar-refractivity contribution is 5.79. The van der Waals surface area contributed by atoms with Gasteiger partial charge in [-0.15, -0.1) is 0 Å². The molecule has 0 aromatic carbocycles. The molecule has 2 rings (SSSR count). The van der Waals surface area contributed by atoms with Gasteiger partial charge in [-0.3, -0.25) is 9.69 Å². The summed E-state index contributed by atoms with van der Waals surface area (Å²) in [6, 6.07) is 0. The second-order valence-electron chi connectivity index (χ2n) is 6.71. The number of morpholine rings is 1. The molecule has 5 nitrogen and oxygen atoms in total. The van der Waals surface area contributed by atoms with Crippen molar-refractivity contribution in [2.75, 3.05) is 39.3 Å². The Hall–Kier alpha value is -0.650. The highest BCUT2D eigenvalue weighted by atomic mass is 16.5. The summed E-state index contributed by atoms with van der Waals surface area (Å²) in [6.45, 7) is 9.14. The molecular weight excluding hydrogens is 254 g/mol. The van der Waals surface area contributed by atoms with Gasteiger partial charge in [0.05, 0.1) is 12.2 Å². The number of nitrogens with two attached hydrogens (primary N) is 1. The monoisotopic (exact) mass is 283 g/mol. The van der Waals surface area contributed by atoms with Crippen LogP contribution in [0.4, 0.5) is 0 Å². The molecule has 0 spiro atoms. The second-order valence-corrected chi connectivity index (χ2v) is 6.71. The average Bonchev–Trinajstić information content (AvgIpc) is 2.85. The van der Waals surface area contributed by atoms with E-state index in [0.717, 1.165) is 52.0 Å². The van der Waals surface area contributed by atoms with Crippen LogP contribution >= 0.6 is 0 Å². The normalized spacial score (nSPS) is 30.4. The molecule has 3 N–H and O–H groups in total. The van der Waals surface area contributed by atoms with Crippen LogP contribution in [0.15, 0.2) is 0 Å². The van der Waals surface area contributed by atoms with Crippen LogP contribution in [0.25, 0.3) is 0 Å². The van der Waals surface area contributed by atoms with Gasteiger partial charge in [0.2, 0.25) is 5.91 Å². The van der Waals surface area contributed by atoms with E-state index in [1.165, 1.54) is 0 Å². The van der Waals surface area contributed by atoms with Gasteiger partial charge in [-0.25, -0.2) is 0 Å². The van der Waals surface area contributed by atoms with E-state index in [-0.39, 0.29) is 17.4 Å². The maximum atomic E-state index is 12.2. The Kier molecular flexibility index (Phi) is 5.41. The molecule has 0 aromatic heterocycles. The number of nitrogens with zero attached hydrogens (tertiary/aromatic N) is 1. The Morgan fingerprint density at radius 1 is 1.45 bits per heavy atom. The van der Waals surface area contributed by atoms with Crippen LogP contribution in [0.3, 0.4) is 0 Å². The van der Waals surface area contributed by atoms with Gasteiger partial charge in [-0.05, 0) is 39.2 Å². The highest BCUT2D eigenvalue weighted by Gasteiger charge is 2.32. The molecule has 2 fully saturated rings. The van der Waals surface area contributed by atoms with Gasteiger partial charge < -0.3 is 15.8 Å². The molecule has 0 aromatic rings. The fraction of sp³-hybridized carbons (Fsp3) is 0.933. The molecule has 0 unspecified atom stereocenters. The highest BCUT2D eigenvalue weighted by Crippen LogP contribution is 2.30. The first-order valence-electron chi connectivity index (χ1n) is 7.86. The Balaban J connectivity index is 1.69. The molecule has 20 heavy (non-hydrogen) atoms. The number of amides is 1. The van der Waals surface area contributed by atoms with E-state index in [1.54, 1.807) is 0 Å². The van der Waals surface area contributed by atoms with Gasteiger partial charge in [0.25, 0.3) is 0 Å². The van der Waals surface area contributed by atoms with Crippen molar-refractivity contribution in [3.8, 4) is 0 Å². The van der Waals surface area contributed by atoms with E-state index in [0.29, 0.717) is 12.5 Å². The maximum absolute atomic E-state index is 12.2. The number of carbonyl (C=O) groups excluding carboxylic acids is 1. The first-order valence-corrected chi connectivity index (χ1v) is 7.86. The zero-order valence-corrected chi connectivity index (χ0v) is 12.9. The molecular formula is C15H29N3O2. The number of hydrogen-bond acceptors (Lipinski definition) is 4. The first-order chi connectivity index (χ1) is 9.52. The molecule has 5 heteroatoms. The summed E-state index contributed by atoms with van der Waals surface area (Å²) in [5, 5.41) is 3.09. The lowest BCUT2D eigenvalue weighted by Gasteiger charge is -2.38. The van der Waals surface area contributed by atoms with Crippen LogP contribution in [-0.2, 0) is 9.53 Å². The lowest BCUT2D eigenvalue weighted by Crippen LogP contribution is -2.50. The Morgan fingerprint density at radius 3 is 2.95 bits per heavy atom. The standard InChI is InChI=1S/C15H29N3O2/c1-15(2)11-18(8-9-20-15)7-6-17-14(19)13-5-3-4-12(13)10-16/h12-13H,3-11,16H2,1-2H3,(H,17,19)/t12-,13-/m1/s1. The Labute approximate surface area is 122 Å². The van der Waals surface area contributed by atoms with E-state index >= 15 is 0 Å². The average molecular weight is 283 g/mol. The Bertz CT molecular complexity index is 333. The largest absolute Gasteiger partial charge is 0.373 e. The SMILES string of the molecule is CC1(C)CN(CCNC(=O)[C@@H]2CCC[C@@H]2CN)CCO1. The minimum Gasteiger partial charge on any atom is -0.373 e. The van der Waals surface area contributed by atoms with Crippen LogP contribution in [0, 0.1) is 11.8 Å². The zero-order valence-electron chi connectivity index (χ0n) is 12.9. The third-order valence-electron chi connectivity index (χ3n) is 4.53. The number of nitrogens with one attached hydrogen (secondary N) is 1. The fourth-order valence-electron chi connectivity index (χ4n) is 3.44. The van der Waals surface area contributed by atoms with E-state index in [4.69, 9.17) is 10.5 Å². The van der Waals surface area contributed by atoms with Gasteiger partial charge in [-0.1, -0.05) is 6.42 Å². The van der Waals surface area contributed by atoms with E-state index in [2.05, 4.69) is 24.1 Å². The minimum atomic E-state index is -0.0711. The van der Waals surface area contributed by atoms with Crippen molar-refractivity contribution >= 4 is 5.91 Å². The van der Waals surface area contributed by atoms with E-state index in [9.17, 15) is 4.79 Å². The van der Waals surface area contributed by atoms with Crippen molar-refractivity contribution in [1.82, 2.24) is 10.2 Å². The van der Waals surface area contributed by atoms with E-state index in [1.807, 2.05) is 0 Å². The molecule has 1 saturated carbocycles. The molecule has 2 atom stereocenters. The second kappa shape index (κ2) is 6.87. The maximum Gasteiger partial charge on any atom is 0.223 e. The topological polar surface area (TPSA) is 67.6 Å². The van der Waals surface area contributed by atoms with Gasteiger partial charge >= 0.3 is 0 Å². The molecule has 1 aliphatic carbocycles. The van der Waals surface area contributed by atoms with Crippen LogP contribution in [-0.4, -0.2) is 55.7 Å². The molecule has 1 amide bonds. The van der Waals surface area contributed by atoms with Crippen molar-refractivity contribution in [2.45, 2.75) is 38.7 Å². The molecule has 1 saturated heterocycles. The summed E-state index contributed by atoms with van der Waals surface area (Å²) in [5.74, 6) is 0.726. The summed E-state index contributed by atoms with van der Waals surface area (Å²) in [4.78, 5) is 14.5. The van der Waals surface area contributed by atoms with Crippen molar-refractivity contribution in [2.24, 2.45) is 17.6 Å². The third-order valence-corrected chi connectivity index (χ3v) is 4.53. The zero-order chi connectivity index (χ0) is 14.6. The summed E-state index contributed by atoms with van der Waals surface area (Å²) in [7, 11) is 0. The van der Waals surface area contributed by atoms with Crippen molar-refractivity contribution in [3.63, 3.8) is 0 Å². The van der Waals surface area contributed by atoms with Crippen molar-refractivity contribution < 1.29 is 9.53 Å². The summed E-state index contributed by atoms with van der Waals surface area (Å²) in [5.41, 5.74) is 5.66. The quantitative estimate of drug-likeness (QED) is 0.775. The molecule has 2 aliphatic rings. The smallest absolute Gasteiger partial charge is 0.223 e. The summed E-state index contributed by atoms with van der Waals surface area (Å²) >= 11 is 0. The summed E-state index contributed by atoms with van der Waals surface area (Å²) in [6.07, 6.45) is 3.24. The number of hydrogen-bond donors (Lipinski definition) is 2. The number of ether oxygens (including phenoxy) is 1. The van der Waals surface area contributed by atoms with E-state index < -0.39 is 0 Å². The molecule has 1 heterocycles. The van der Waals surface area contributed by atoms with Crippen LogP contribution in [0.1, 0.15) is 33.1 Å². The minimum absolute atomic E-state index is 0.0711. The predicted octanol–water partition coefficient (Wildman–Crippen LogP) is 0.588. The molecule has 0 radical (unpaired) electrons. The molecule has 1 aliphatic heterocycles. The molecule has 116 valence electrons. The predicted molar refractivity (Wildman–Crippen MR) is 79.4 cm³/mol. The van der Waals surface area contributed by atoms with Gasteiger partial charge in [-0.2, -0.15) is 0 Å². The first kappa shape index (κ1) is 15.7. The van der Waals surface area contributed by atoms with Crippen LogP contribution < -0.4 is 11.1 Å². The third kappa shape index (κ3) is 4.17. The fourth-order valence-corrected chi connectivity index (χ4v) is 3.44. The van der Waals surface area contributed by atoms with Crippen LogP contribution in [0.5, 0.6) is 0 Å². The van der Waals surface area contributed by atoms with Crippen molar-refractivity contribution in [3.05, 3.63) is 0 Å². The van der Waals surface area contributed by atoms with Crippen LogP contribution in [0.2, 0.25) is 0 Å². The number of carbonyl (C=O) groups is 1. The van der Waals surface area contributed by atoms with Gasteiger partial charge in [0, 0.05) is 32.1 Å². The lowest BCUT2D eigenvalue weighted by molar-refractivity contribution is -0.126. The van der Waals surface area contributed by atoms with Gasteiger partial charge in [0.15, 0.2) is 0 Å². The summed E-state index contributed by atoms with van der Waals surface area (Å²) < 4.78 is 5.69. The number of rotatable bonds is 5. The van der Waals surface area contributed by atoms with Crippen molar-refractivity contribution in [1.29, 1.82) is 0 Å². The Morgan fingerprint density at radius 2 is 2.25 bits per heavy atom. The lowest BCUT2D eigenvalue weighted by atomic mass is 9.95.